The Hall–Kier alpha value is -0.0900. The summed E-state index contributed by atoms with van der Waals surface area (Å²) < 4.78 is 0.548. The van der Waals surface area contributed by atoms with E-state index in [1.807, 2.05) is 0 Å². The highest BCUT2D eigenvalue weighted by atomic mass is 127. The lowest BCUT2D eigenvalue weighted by Gasteiger charge is -2.21. The van der Waals surface area contributed by atoms with Crippen LogP contribution in [0.1, 0.15) is 51.5 Å². The van der Waals surface area contributed by atoms with Gasteiger partial charge in [-0.25, -0.2) is 0 Å². The van der Waals surface area contributed by atoms with Gasteiger partial charge in [0, 0.05) is 9.34 Å². The number of hydrogen-bond acceptors (Lipinski definition) is 1. The molecule has 0 bridgehead atoms. The van der Waals surface area contributed by atoms with E-state index in [4.69, 9.17) is 0 Å². The van der Waals surface area contributed by atoms with Gasteiger partial charge in [-0.1, -0.05) is 92.5 Å². The molecular weight excluding hydrogens is 347 g/mol. The summed E-state index contributed by atoms with van der Waals surface area (Å²) in [5.41, 5.74) is 1.56. The Morgan fingerprint density at radius 3 is 2.42 bits per heavy atom. The highest BCUT2D eigenvalue weighted by Gasteiger charge is 2.72. The molecule has 1 nitrogen and oxygen atoms in total. The van der Waals surface area contributed by atoms with Gasteiger partial charge in [0.15, 0.2) is 0 Å². The standard InChI is InChI=1S/C17H25IO/c1-3-4-5-9-12-16(2)15(18)17(16,13-19)14-10-7-6-8-11-14/h6-8,10-11,15,19H,3-5,9,12-13H2,1-2H3/t15-,16-,17+/m1/s1. The summed E-state index contributed by atoms with van der Waals surface area (Å²) in [6.07, 6.45) is 6.47. The van der Waals surface area contributed by atoms with Crippen LogP contribution in [-0.4, -0.2) is 15.6 Å². The van der Waals surface area contributed by atoms with Gasteiger partial charge in [-0.05, 0) is 17.4 Å². The first-order valence-corrected chi connectivity index (χ1v) is 8.68. The maximum atomic E-state index is 10.0. The second-order valence-electron chi connectivity index (χ2n) is 6.09. The number of aliphatic hydroxyl groups is 1. The first-order valence-electron chi connectivity index (χ1n) is 7.44. The van der Waals surface area contributed by atoms with Crippen molar-refractivity contribution in [2.24, 2.45) is 5.41 Å². The minimum absolute atomic E-state index is 0.0129. The summed E-state index contributed by atoms with van der Waals surface area (Å²) in [6, 6.07) is 10.6. The fourth-order valence-corrected chi connectivity index (χ4v) is 5.49. The fraction of sp³-hybridized carbons (Fsp3) is 0.647. The van der Waals surface area contributed by atoms with E-state index in [1.165, 1.54) is 37.7 Å². The summed E-state index contributed by atoms with van der Waals surface area (Å²) >= 11 is 2.55. The van der Waals surface area contributed by atoms with Crippen LogP contribution in [0.15, 0.2) is 30.3 Å². The maximum absolute atomic E-state index is 10.0. The van der Waals surface area contributed by atoms with Crippen LogP contribution < -0.4 is 0 Å². The third-order valence-corrected chi connectivity index (χ3v) is 7.45. The van der Waals surface area contributed by atoms with E-state index in [2.05, 4.69) is 66.8 Å². The summed E-state index contributed by atoms with van der Waals surface area (Å²) in [7, 11) is 0. The van der Waals surface area contributed by atoms with Crippen LogP contribution in [0, 0.1) is 5.41 Å². The quantitative estimate of drug-likeness (QED) is 0.418. The topological polar surface area (TPSA) is 20.2 Å². The van der Waals surface area contributed by atoms with Gasteiger partial charge < -0.3 is 5.11 Å². The highest BCUT2D eigenvalue weighted by Crippen LogP contribution is 2.70. The van der Waals surface area contributed by atoms with E-state index in [0.29, 0.717) is 3.92 Å². The monoisotopic (exact) mass is 372 g/mol. The molecular formula is C17H25IO. The molecule has 1 aromatic rings. The second-order valence-corrected chi connectivity index (χ2v) is 7.33. The molecule has 1 aromatic carbocycles. The minimum atomic E-state index is -0.0129. The van der Waals surface area contributed by atoms with Crippen molar-refractivity contribution >= 4 is 22.6 Å². The molecule has 0 spiro atoms. The average Bonchev–Trinajstić information content (AvgIpc) is 2.93. The van der Waals surface area contributed by atoms with Gasteiger partial charge in [-0.3, -0.25) is 0 Å². The van der Waals surface area contributed by atoms with E-state index in [9.17, 15) is 5.11 Å². The Balaban J connectivity index is 2.10. The summed E-state index contributed by atoms with van der Waals surface area (Å²) in [6.45, 7) is 4.89. The van der Waals surface area contributed by atoms with Gasteiger partial charge in [0.05, 0.1) is 6.61 Å². The molecule has 0 radical (unpaired) electrons. The zero-order chi connectivity index (χ0) is 13.9. The summed E-state index contributed by atoms with van der Waals surface area (Å²) in [5.74, 6) is 0. The number of aliphatic hydroxyl groups excluding tert-OH is 1. The molecule has 2 heteroatoms. The lowest BCUT2D eigenvalue weighted by Crippen LogP contribution is -2.21. The first kappa shape index (κ1) is 15.3. The third-order valence-electron chi connectivity index (χ3n) is 5.02. The van der Waals surface area contributed by atoms with Crippen LogP contribution in [0.3, 0.4) is 0 Å². The molecule has 1 saturated carbocycles. The smallest absolute Gasteiger partial charge is 0.0543 e. The van der Waals surface area contributed by atoms with Crippen LogP contribution >= 0.6 is 22.6 Å². The van der Waals surface area contributed by atoms with Crippen LogP contribution in [-0.2, 0) is 5.41 Å². The Morgan fingerprint density at radius 1 is 1.16 bits per heavy atom. The summed E-state index contributed by atoms with van der Waals surface area (Å²) in [5, 5.41) is 10.0. The molecule has 0 amide bonds. The molecule has 19 heavy (non-hydrogen) atoms. The molecule has 3 atom stereocenters. The van der Waals surface area contributed by atoms with Gasteiger partial charge in [0.25, 0.3) is 0 Å². The number of alkyl halides is 1. The number of rotatable bonds is 7. The predicted molar refractivity (Wildman–Crippen MR) is 89.9 cm³/mol. The van der Waals surface area contributed by atoms with E-state index >= 15 is 0 Å². The third kappa shape index (κ3) is 2.46. The van der Waals surface area contributed by atoms with E-state index in [0.717, 1.165) is 0 Å². The fourth-order valence-electron chi connectivity index (χ4n) is 3.53. The Labute approximate surface area is 130 Å². The molecule has 1 aliphatic rings. The molecule has 1 aliphatic carbocycles. The Morgan fingerprint density at radius 2 is 1.84 bits per heavy atom. The average molecular weight is 372 g/mol. The van der Waals surface area contributed by atoms with Crippen LogP contribution in [0.2, 0.25) is 0 Å². The lowest BCUT2D eigenvalue weighted by atomic mass is 9.84. The first-order chi connectivity index (χ1) is 9.13. The van der Waals surface area contributed by atoms with Crippen molar-refractivity contribution < 1.29 is 5.11 Å². The van der Waals surface area contributed by atoms with Gasteiger partial charge in [-0.15, -0.1) is 0 Å². The largest absolute Gasteiger partial charge is 0.395 e. The molecule has 1 fully saturated rings. The van der Waals surface area contributed by atoms with E-state index in [-0.39, 0.29) is 17.4 Å². The van der Waals surface area contributed by atoms with Gasteiger partial charge in [-0.2, -0.15) is 0 Å². The van der Waals surface area contributed by atoms with Crippen molar-refractivity contribution in [2.45, 2.75) is 55.3 Å². The van der Waals surface area contributed by atoms with Crippen molar-refractivity contribution in [2.75, 3.05) is 6.61 Å². The predicted octanol–water partition coefficient (Wildman–Crippen LogP) is 4.71. The molecule has 0 aromatic heterocycles. The summed E-state index contributed by atoms with van der Waals surface area (Å²) in [4.78, 5) is 0. The number of halogens is 1. The molecule has 0 saturated heterocycles. The van der Waals surface area contributed by atoms with Crippen LogP contribution in [0.25, 0.3) is 0 Å². The number of unbranched alkanes of at least 4 members (excludes halogenated alkanes) is 3. The second kappa shape index (κ2) is 6.13. The zero-order valence-corrected chi connectivity index (χ0v) is 14.2. The van der Waals surface area contributed by atoms with Crippen molar-refractivity contribution in [3.63, 3.8) is 0 Å². The molecule has 0 heterocycles. The normalized spacial score (nSPS) is 33.4. The molecule has 2 rings (SSSR count). The van der Waals surface area contributed by atoms with Gasteiger partial charge in [0.1, 0.15) is 0 Å². The highest BCUT2D eigenvalue weighted by molar-refractivity contribution is 14.1. The van der Waals surface area contributed by atoms with Gasteiger partial charge >= 0.3 is 0 Å². The Bertz CT molecular complexity index is 405. The van der Waals surface area contributed by atoms with Crippen LogP contribution in [0.5, 0.6) is 0 Å². The zero-order valence-electron chi connectivity index (χ0n) is 12.0. The minimum Gasteiger partial charge on any atom is -0.395 e. The van der Waals surface area contributed by atoms with Crippen molar-refractivity contribution in [1.29, 1.82) is 0 Å². The van der Waals surface area contributed by atoms with Crippen molar-refractivity contribution in [3.8, 4) is 0 Å². The van der Waals surface area contributed by atoms with Gasteiger partial charge in [0.2, 0.25) is 0 Å². The SMILES string of the molecule is CCCCCC[C@]1(C)[C@@H](I)[C@]1(CO)c1ccccc1. The molecule has 0 aliphatic heterocycles. The van der Waals surface area contributed by atoms with Crippen molar-refractivity contribution in [3.05, 3.63) is 35.9 Å². The molecule has 0 unspecified atom stereocenters. The number of hydrogen-bond donors (Lipinski definition) is 1. The molecule has 1 N–H and O–H groups in total. The number of benzene rings is 1. The Kier molecular flexibility index (Phi) is 4.93. The van der Waals surface area contributed by atoms with E-state index in [1.54, 1.807) is 0 Å². The van der Waals surface area contributed by atoms with Crippen LogP contribution in [0.4, 0.5) is 0 Å². The maximum Gasteiger partial charge on any atom is 0.0543 e. The van der Waals surface area contributed by atoms with E-state index < -0.39 is 0 Å². The van der Waals surface area contributed by atoms with Crippen molar-refractivity contribution in [1.82, 2.24) is 0 Å². The lowest BCUT2D eigenvalue weighted by molar-refractivity contribution is 0.221. The molecule has 106 valence electrons.